The van der Waals surface area contributed by atoms with Gasteiger partial charge in [0.05, 0.1) is 5.60 Å². The molecule has 0 radical (unpaired) electrons. The molecule has 4 heteroatoms. The number of urea groups is 1. The first-order valence-corrected chi connectivity index (χ1v) is 7.34. The number of nitrogens with one attached hydrogen (secondary N) is 2. The van der Waals surface area contributed by atoms with E-state index in [0.29, 0.717) is 18.5 Å². The molecule has 2 saturated carbocycles. The maximum atomic E-state index is 11.7. The second-order valence-corrected chi connectivity index (χ2v) is 6.22. The maximum Gasteiger partial charge on any atom is 0.315 e. The first kappa shape index (κ1) is 13.7. The van der Waals surface area contributed by atoms with Crippen molar-refractivity contribution in [3.05, 3.63) is 0 Å². The molecule has 0 heterocycles. The minimum Gasteiger partial charge on any atom is -0.388 e. The highest BCUT2D eigenvalue weighted by molar-refractivity contribution is 5.74. The average molecular weight is 254 g/mol. The maximum absolute atomic E-state index is 11.7. The zero-order valence-electron chi connectivity index (χ0n) is 11.4. The van der Waals surface area contributed by atoms with E-state index in [0.717, 1.165) is 38.5 Å². The SMILES string of the molecule is CC1CCC(O)(CNC(=O)NC2CCCC2)CC1. The van der Waals surface area contributed by atoms with Crippen molar-refractivity contribution in [3.8, 4) is 0 Å². The standard InChI is InChI=1S/C14H26N2O2/c1-11-6-8-14(18,9-7-11)10-15-13(17)16-12-4-2-3-5-12/h11-12,18H,2-10H2,1H3,(H2,15,16,17). The molecule has 0 unspecified atom stereocenters. The normalized spacial score (nSPS) is 33.3. The number of rotatable bonds is 3. The van der Waals surface area contributed by atoms with Gasteiger partial charge in [0.25, 0.3) is 0 Å². The van der Waals surface area contributed by atoms with Gasteiger partial charge in [-0.05, 0) is 44.4 Å². The summed E-state index contributed by atoms with van der Waals surface area (Å²) in [6.07, 6.45) is 8.34. The second-order valence-electron chi connectivity index (χ2n) is 6.22. The van der Waals surface area contributed by atoms with Gasteiger partial charge in [0, 0.05) is 12.6 Å². The number of amides is 2. The quantitative estimate of drug-likeness (QED) is 0.723. The molecule has 0 bridgehead atoms. The first-order valence-electron chi connectivity index (χ1n) is 7.34. The fourth-order valence-electron chi connectivity index (χ4n) is 3.03. The summed E-state index contributed by atoms with van der Waals surface area (Å²) >= 11 is 0. The van der Waals surface area contributed by atoms with Crippen molar-refractivity contribution in [1.29, 1.82) is 0 Å². The summed E-state index contributed by atoms with van der Waals surface area (Å²) in [7, 11) is 0. The lowest BCUT2D eigenvalue weighted by Crippen LogP contribution is -2.49. The molecule has 18 heavy (non-hydrogen) atoms. The summed E-state index contributed by atoms with van der Waals surface area (Å²) in [6.45, 7) is 2.61. The Hall–Kier alpha value is -0.770. The molecule has 0 saturated heterocycles. The molecule has 2 aliphatic rings. The Balaban J connectivity index is 1.68. The molecule has 4 nitrogen and oxygen atoms in total. The molecule has 0 atom stereocenters. The van der Waals surface area contributed by atoms with Crippen LogP contribution in [0.4, 0.5) is 4.79 Å². The predicted octanol–water partition coefficient (Wildman–Crippen LogP) is 2.17. The molecular weight excluding hydrogens is 228 g/mol. The number of carbonyl (C=O) groups is 1. The van der Waals surface area contributed by atoms with Crippen LogP contribution in [-0.2, 0) is 0 Å². The van der Waals surface area contributed by atoms with Crippen LogP contribution in [0.3, 0.4) is 0 Å². The summed E-state index contributed by atoms with van der Waals surface area (Å²) < 4.78 is 0. The highest BCUT2D eigenvalue weighted by atomic mass is 16.3. The zero-order chi connectivity index (χ0) is 13.0. The summed E-state index contributed by atoms with van der Waals surface area (Å²) in [4.78, 5) is 11.7. The summed E-state index contributed by atoms with van der Waals surface area (Å²) in [5.41, 5.74) is -0.681. The highest BCUT2D eigenvalue weighted by Crippen LogP contribution is 2.31. The third-order valence-electron chi connectivity index (χ3n) is 4.47. The molecule has 2 rings (SSSR count). The van der Waals surface area contributed by atoms with E-state index in [1.165, 1.54) is 12.8 Å². The van der Waals surface area contributed by atoms with Crippen molar-refractivity contribution in [1.82, 2.24) is 10.6 Å². The summed E-state index contributed by atoms with van der Waals surface area (Å²) in [6, 6.07) is 0.222. The fourth-order valence-corrected chi connectivity index (χ4v) is 3.03. The Kier molecular flexibility index (Phi) is 4.49. The highest BCUT2D eigenvalue weighted by Gasteiger charge is 2.32. The minimum atomic E-state index is -0.681. The van der Waals surface area contributed by atoms with Gasteiger partial charge in [0.1, 0.15) is 0 Å². The van der Waals surface area contributed by atoms with Crippen LogP contribution in [0.2, 0.25) is 0 Å². The number of carbonyl (C=O) groups excluding carboxylic acids is 1. The Labute approximate surface area is 110 Å². The van der Waals surface area contributed by atoms with Gasteiger partial charge in [-0.15, -0.1) is 0 Å². The lowest BCUT2D eigenvalue weighted by atomic mass is 9.79. The van der Waals surface area contributed by atoms with Crippen molar-refractivity contribution in [2.75, 3.05) is 6.54 Å². The second kappa shape index (κ2) is 5.91. The van der Waals surface area contributed by atoms with Crippen LogP contribution in [0.15, 0.2) is 0 Å². The molecule has 104 valence electrons. The monoisotopic (exact) mass is 254 g/mol. The van der Waals surface area contributed by atoms with Gasteiger partial charge in [0.2, 0.25) is 0 Å². The molecule has 2 amide bonds. The van der Waals surface area contributed by atoms with Crippen LogP contribution in [0.5, 0.6) is 0 Å². The van der Waals surface area contributed by atoms with E-state index >= 15 is 0 Å². The molecule has 0 aliphatic heterocycles. The third kappa shape index (κ3) is 3.87. The first-order chi connectivity index (χ1) is 8.57. The number of aliphatic hydroxyl groups is 1. The molecule has 0 aromatic heterocycles. The Morgan fingerprint density at radius 2 is 1.83 bits per heavy atom. The van der Waals surface area contributed by atoms with Gasteiger partial charge in [-0.2, -0.15) is 0 Å². The lowest BCUT2D eigenvalue weighted by Gasteiger charge is -2.35. The van der Waals surface area contributed by atoms with Crippen LogP contribution < -0.4 is 10.6 Å². The van der Waals surface area contributed by atoms with Crippen LogP contribution in [0.1, 0.15) is 58.3 Å². The van der Waals surface area contributed by atoms with Crippen LogP contribution in [0, 0.1) is 5.92 Å². The molecule has 2 fully saturated rings. The third-order valence-corrected chi connectivity index (χ3v) is 4.47. The largest absolute Gasteiger partial charge is 0.388 e. The Morgan fingerprint density at radius 3 is 2.44 bits per heavy atom. The van der Waals surface area contributed by atoms with E-state index in [4.69, 9.17) is 0 Å². The van der Waals surface area contributed by atoms with Crippen molar-refractivity contribution in [2.45, 2.75) is 69.9 Å². The van der Waals surface area contributed by atoms with Gasteiger partial charge in [-0.25, -0.2) is 4.79 Å². The van der Waals surface area contributed by atoms with Crippen LogP contribution in [-0.4, -0.2) is 29.3 Å². The van der Waals surface area contributed by atoms with Crippen molar-refractivity contribution in [3.63, 3.8) is 0 Å². The number of hydrogen-bond acceptors (Lipinski definition) is 2. The van der Waals surface area contributed by atoms with Gasteiger partial charge >= 0.3 is 6.03 Å². The molecular formula is C14H26N2O2. The predicted molar refractivity (Wildman–Crippen MR) is 71.4 cm³/mol. The van der Waals surface area contributed by atoms with Crippen molar-refractivity contribution < 1.29 is 9.90 Å². The summed E-state index contributed by atoms with van der Waals surface area (Å²) in [5.74, 6) is 0.706. The Morgan fingerprint density at radius 1 is 1.22 bits per heavy atom. The van der Waals surface area contributed by atoms with Gasteiger partial charge in [0.15, 0.2) is 0 Å². The van der Waals surface area contributed by atoms with Crippen molar-refractivity contribution >= 4 is 6.03 Å². The average Bonchev–Trinajstić information content (AvgIpc) is 2.84. The lowest BCUT2D eigenvalue weighted by molar-refractivity contribution is -0.00393. The topological polar surface area (TPSA) is 61.4 Å². The van der Waals surface area contributed by atoms with E-state index in [1.54, 1.807) is 0 Å². The van der Waals surface area contributed by atoms with E-state index in [9.17, 15) is 9.90 Å². The smallest absolute Gasteiger partial charge is 0.315 e. The fraction of sp³-hybridized carbons (Fsp3) is 0.929. The van der Waals surface area contributed by atoms with Gasteiger partial charge in [-0.1, -0.05) is 19.8 Å². The van der Waals surface area contributed by atoms with Gasteiger partial charge < -0.3 is 15.7 Å². The molecule has 3 N–H and O–H groups in total. The number of hydrogen-bond donors (Lipinski definition) is 3. The van der Waals surface area contributed by atoms with E-state index < -0.39 is 5.60 Å². The Bertz CT molecular complexity index is 280. The van der Waals surface area contributed by atoms with E-state index in [1.807, 2.05) is 0 Å². The van der Waals surface area contributed by atoms with Crippen molar-refractivity contribution in [2.24, 2.45) is 5.92 Å². The van der Waals surface area contributed by atoms with E-state index in [-0.39, 0.29) is 6.03 Å². The molecule has 0 aromatic carbocycles. The molecule has 0 aromatic rings. The zero-order valence-corrected chi connectivity index (χ0v) is 11.4. The molecule has 0 spiro atoms. The van der Waals surface area contributed by atoms with Gasteiger partial charge in [-0.3, -0.25) is 0 Å². The molecule has 2 aliphatic carbocycles. The van der Waals surface area contributed by atoms with Crippen LogP contribution >= 0.6 is 0 Å². The van der Waals surface area contributed by atoms with E-state index in [2.05, 4.69) is 17.6 Å². The minimum absolute atomic E-state index is 0.117. The van der Waals surface area contributed by atoms with Crippen LogP contribution in [0.25, 0.3) is 0 Å². The summed E-state index contributed by atoms with van der Waals surface area (Å²) in [5, 5.41) is 16.2.